The van der Waals surface area contributed by atoms with Crippen LogP contribution in [0.25, 0.3) is 0 Å². The number of rotatable bonds is 5. The molecule has 8 heteroatoms. The molecule has 3 rings (SSSR count). The Balaban J connectivity index is 1.54. The summed E-state index contributed by atoms with van der Waals surface area (Å²) < 4.78 is 40.1. The van der Waals surface area contributed by atoms with Gasteiger partial charge in [0, 0.05) is 30.7 Å². The molecule has 0 saturated carbocycles. The first-order valence-corrected chi connectivity index (χ1v) is 9.94. The highest BCUT2D eigenvalue weighted by Gasteiger charge is 2.24. The van der Waals surface area contributed by atoms with E-state index in [1.807, 2.05) is 5.38 Å². The summed E-state index contributed by atoms with van der Waals surface area (Å²) >= 11 is 1.59. The van der Waals surface area contributed by atoms with Crippen LogP contribution in [0.2, 0.25) is 0 Å². The minimum Gasteiger partial charge on any atom is -0.348 e. The van der Waals surface area contributed by atoms with Crippen LogP contribution < -0.4 is 9.62 Å². The van der Waals surface area contributed by atoms with Gasteiger partial charge in [-0.15, -0.1) is 11.3 Å². The molecule has 1 aromatic heterocycles. The topological polar surface area (TPSA) is 62.3 Å². The molecule has 1 aromatic carbocycles. The SMILES string of the molecule is O=S(=O)(Cc1ccc(F)cc1)NC1CCN(c2nccs2)CC1. The Morgan fingerprint density at radius 3 is 2.57 bits per heavy atom. The molecule has 0 atom stereocenters. The van der Waals surface area contributed by atoms with E-state index in [9.17, 15) is 12.8 Å². The van der Waals surface area contributed by atoms with Crippen molar-refractivity contribution in [1.82, 2.24) is 9.71 Å². The molecule has 2 aromatic rings. The van der Waals surface area contributed by atoms with Crippen molar-refractivity contribution in [1.29, 1.82) is 0 Å². The minimum absolute atomic E-state index is 0.0586. The summed E-state index contributed by atoms with van der Waals surface area (Å²) in [5.41, 5.74) is 0.583. The number of benzene rings is 1. The van der Waals surface area contributed by atoms with Gasteiger partial charge >= 0.3 is 0 Å². The summed E-state index contributed by atoms with van der Waals surface area (Å²) in [6.07, 6.45) is 3.28. The van der Waals surface area contributed by atoms with E-state index in [4.69, 9.17) is 0 Å². The van der Waals surface area contributed by atoms with Gasteiger partial charge in [0.05, 0.1) is 5.75 Å². The number of sulfonamides is 1. The van der Waals surface area contributed by atoms with Gasteiger partial charge in [-0.3, -0.25) is 0 Å². The molecule has 0 spiro atoms. The third-order valence-electron chi connectivity index (χ3n) is 3.80. The van der Waals surface area contributed by atoms with Gasteiger partial charge in [-0.2, -0.15) is 0 Å². The predicted octanol–water partition coefficient (Wildman–Crippen LogP) is 2.37. The summed E-state index contributed by atoms with van der Waals surface area (Å²) in [5.74, 6) is -0.492. The van der Waals surface area contributed by atoms with E-state index >= 15 is 0 Å². The second kappa shape index (κ2) is 6.94. The molecule has 1 aliphatic rings. The van der Waals surface area contributed by atoms with E-state index in [2.05, 4.69) is 14.6 Å². The number of aromatic nitrogens is 1. The van der Waals surface area contributed by atoms with Crippen molar-refractivity contribution in [2.24, 2.45) is 0 Å². The lowest BCUT2D eigenvalue weighted by atomic mass is 10.1. The lowest BCUT2D eigenvalue weighted by Gasteiger charge is -2.31. The second-order valence-corrected chi connectivity index (χ2v) is 8.21. The van der Waals surface area contributed by atoms with Crippen molar-refractivity contribution in [3.05, 3.63) is 47.2 Å². The Kier molecular flexibility index (Phi) is 4.93. The lowest BCUT2D eigenvalue weighted by molar-refractivity contribution is 0.459. The molecule has 0 bridgehead atoms. The second-order valence-electron chi connectivity index (χ2n) is 5.58. The van der Waals surface area contributed by atoms with Crippen LogP contribution in [-0.2, 0) is 15.8 Å². The number of hydrogen-bond acceptors (Lipinski definition) is 5. The third kappa shape index (κ3) is 4.49. The van der Waals surface area contributed by atoms with Gasteiger partial charge in [0.25, 0.3) is 0 Å². The highest BCUT2D eigenvalue weighted by Crippen LogP contribution is 2.22. The molecule has 1 fully saturated rings. The van der Waals surface area contributed by atoms with Gasteiger partial charge in [-0.05, 0) is 30.5 Å². The number of hydrogen-bond donors (Lipinski definition) is 1. The predicted molar refractivity (Wildman–Crippen MR) is 89.5 cm³/mol. The minimum atomic E-state index is -3.42. The summed E-state index contributed by atoms with van der Waals surface area (Å²) in [6, 6.07) is 5.49. The number of nitrogens with zero attached hydrogens (tertiary/aromatic N) is 2. The molecule has 1 aliphatic heterocycles. The average Bonchev–Trinajstić information content (AvgIpc) is 3.04. The maximum atomic E-state index is 12.9. The van der Waals surface area contributed by atoms with Gasteiger partial charge in [0.2, 0.25) is 10.0 Å². The molecular weight excluding hydrogens is 337 g/mol. The fourth-order valence-corrected chi connectivity index (χ4v) is 4.81. The van der Waals surface area contributed by atoms with Crippen LogP contribution in [0.3, 0.4) is 0 Å². The number of nitrogens with one attached hydrogen (secondary N) is 1. The quantitative estimate of drug-likeness (QED) is 0.894. The van der Waals surface area contributed by atoms with Crippen LogP contribution in [0.4, 0.5) is 9.52 Å². The lowest BCUT2D eigenvalue weighted by Crippen LogP contribution is -2.44. The number of anilines is 1. The Labute approximate surface area is 139 Å². The fraction of sp³-hybridized carbons (Fsp3) is 0.400. The Bertz CT molecular complexity index is 725. The number of thiazole rings is 1. The standard InChI is InChI=1S/C15H18FN3O2S2/c16-13-3-1-12(2-4-13)11-23(20,21)18-14-5-8-19(9-6-14)15-17-7-10-22-15/h1-4,7,10,14,18H,5-6,8-9,11H2. The van der Waals surface area contributed by atoms with Gasteiger partial charge in [0.15, 0.2) is 5.13 Å². The van der Waals surface area contributed by atoms with Crippen molar-refractivity contribution in [3.63, 3.8) is 0 Å². The maximum Gasteiger partial charge on any atom is 0.216 e. The van der Waals surface area contributed by atoms with Crippen LogP contribution in [-0.4, -0.2) is 32.5 Å². The zero-order chi connectivity index (χ0) is 16.3. The average molecular weight is 355 g/mol. The third-order valence-corrected chi connectivity index (χ3v) is 6.04. The first kappa shape index (κ1) is 16.4. The zero-order valence-electron chi connectivity index (χ0n) is 12.5. The van der Waals surface area contributed by atoms with Gasteiger partial charge in [0.1, 0.15) is 5.82 Å². The smallest absolute Gasteiger partial charge is 0.216 e. The Morgan fingerprint density at radius 1 is 1.26 bits per heavy atom. The van der Waals surface area contributed by atoms with Gasteiger partial charge < -0.3 is 4.90 Å². The van der Waals surface area contributed by atoms with Crippen LogP contribution >= 0.6 is 11.3 Å². The largest absolute Gasteiger partial charge is 0.348 e. The highest BCUT2D eigenvalue weighted by molar-refractivity contribution is 7.88. The van der Waals surface area contributed by atoms with Gasteiger partial charge in [-0.25, -0.2) is 22.5 Å². The highest BCUT2D eigenvalue weighted by atomic mass is 32.2. The van der Waals surface area contributed by atoms with Crippen molar-refractivity contribution >= 4 is 26.5 Å². The van der Waals surface area contributed by atoms with Crippen molar-refractivity contribution < 1.29 is 12.8 Å². The van der Waals surface area contributed by atoms with Crippen LogP contribution in [0.1, 0.15) is 18.4 Å². The molecule has 0 unspecified atom stereocenters. The van der Waals surface area contributed by atoms with Crippen molar-refractivity contribution in [2.45, 2.75) is 24.6 Å². The molecule has 2 heterocycles. The van der Waals surface area contributed by atoms with E-state index < -0.39 is 10.0 Å². The molecule has 0 aliphatic carbocycles. The molecular formula is C15H18FN3O2S2. The fourth-order valence-electron chi connectivity index (χ4n) is 2.66. The van der Waals surface area contributed by atoms with E-state index in [0.29, 0.717) is 5.56 Å². The molecule has 1 N–H and O–H groups in total. The van der Waals surface area contributed by atoms with Gasteiger partial charge in [-0.1, -0.05) is 12.1 Å². The van der Waals surface area contributed by atoms with Crippen molar-refractivity contribution in [3.8, 4) is 0 Å². The number of halogens is 1. The molecule has 0 radical (unpaired) electrons. The number of piperidine rings is 1. The van der Waals surface area contributed by atoms with Crippen molar-refractivity contribution in [2.75, 3.05) is 18.0 Å². The first-order valence-electron chi connectivity index (χ1n) is 7.41. The molecule has 5 nitrogen and oxygen atoms in total. The Hall–Kier alpha value is -1.51. The zero-order valence-corrected chi connectivity index (χ0v) is 14.1. The summed E-state index contributed by atoms with van der Waals surface area (Å²) in [7, 11) is -3.42. The first-order chi connectivity index (χ1) is 11.0. The van der Waals surface area contributed by atoms with Crippen LogP contribution in [0.5, 0.6) is 0 Å². The summed E-state index contributed by atoms with van der Waals surface area (Å²) in [4.78, 5) is 6.45. The normalized spacial score (nSPS) is 16.7. The Morgan fingerprint density at radius 2 is 1.96 bits per heavy atom. The van der Waals surface area contributed by atoms with Crippen LogP contribution in [0, 0.1) is 5.82 Å². The van der Waals surface area contributed by atoms with E-state index in [1.165, 1.54) is 24.3 Å². The van der Waals surface area contributed by atoms with E-state index in [1.54, 1.807) is 17.5 Å². The van der Waals surface area contributed by atoms with Crippen LogP contribution in [0.15, 0.2) is 35.8 Å². The molecule has 124 valence electrons. The summed E-state index contributed by atoms with van der Waals surface area (Å²) in [5, 5.41) is 2.92. The molecule has 1 saturated heterocycles. The molecule has 0 amide bonds. The van der Waals surface area contributed by atoms with E-state index in [-0.39, 0.29) is 17.6 Å². The van der Waals surface area contributed by atoms with E-state index in [0.717, 1.165) is 31.1 Å². The maximum absolute atomic E-state index is 12.9. The molecule has 23 heavy (non-hydrogen) atoms. The summed E-state index contributed by atoms with van der Waals surface area (Å²) in [6.45, 7) is 1.58. The monoisotopic (exact) mass is 355 g/mol.